The quantitative estimate of drug-likeness (QED) is 0.115. The number of halogens is 3. The van der Waals surface area contributed by atoms with E-state index < -0.39 is 36.1 Å². The number of nitrogens with one attached hydrogen (secondary N) is 1. The number of rotatable bonds is 11. The summed E-state index contributed by atoms with van der Waals surface area (Å²) in [5, 5.41) is 23.8. The van der Waals surface area contributed by atoms with Crippen LogP contribution in [-0.4, -0.2) is 56.8 Å². The summed E-state index contributed by atoms with van der Waals surface area (Å²) in [4.78, 5) is 52.0. The maximum Gasteiger partial charge on any atom is 0.430 e. The number of phenols is 1. The molecule has 2 aromatic heterocycles. The number of carbonyl (C=O) groups excluding carboxylic acids is 4. The van der Waals surface area contributed by atoms with Crippen molar-refractivity contribution < 1.29 is 51.7 Å². The Balaban J connectivity index is 0.000000784. The number of nitrogens with two attached hydrogens (primary N) is 1. The zero-order chi connectivity index (χ0) is 40.7. The number of urea groups is 1. The van der Waals surface area contributed by atoms with Crippen molar-refractivity contribution in [3.63, 3.8) is 0 Å². The summed E-state index contributed by atoms with van der Waals surface area (Å²) in [6.45, 7) is 6.20. The predicted octanol–water partition coefficient (Wildman–Crippen LogP) is 5.50. The Bertz CT molecular complexity index is 2360. The lowest BCUT2D eigenvalue weighted by Gasteiger charge is -2.29. The normalized spacial score (nSPS) is 11.8. The van der Waals surface area contributed by atoms with E-state index in [4.69, 9.17) is 20.4 Å². The molecule has 0 radical (unpaired) electrons. The van der Waals surface area contributed by atoms with Gasteiger partial charge in [-0.15, -0.1) is 0 Å². The van der Waals surface area contributed by atoms with Gasteiger partial charge in [0.15, 0.2) is 5.69 Å². The van der Waals surface area contributed by atoms with Crippen LogP contribution in [0.2, 0.25) is 0 Å². The number of carboxylic acids is 1. The van der Waals surface area contributed by atoms with Gasteiger partial charge < -0.3 is 35.7 Å². The molecule has 0 fully saturated rings. The highest BCUT2D eigenvalue weighted by Gasteiger charge is 2.33. The van der Waals surface area contributed by atoms with Crippen LogP contribution < -0.4 is 20.6 Å². The maximum atomic E-state index is 14.2. The highest BCUT2D eigenvalue weighted by atomic mass is 32.1. The minimum atomic E-state index is -5.19. The summed E-state index contributed by atoms with van der Waals surface area (Å²) in [6, 6.07) is 25.9. The number of nitrogens with zero attached hydrogens (tertiary/aromatic N) is 3. The molecule has 6 aromatic rings. The summed E-state index contributed by atoms with van der Waals surface area (Å²) in [5.74, 6) is -4.05. The van der Waals surface area contributed by atoms with Gasteiger partial charge in [-0.25, -0.2) is 14.2 Å². The fraction of sp³-hybridized carbons (Fsp3) is 0.225. The lowest BCUT2D eigenvalue weighted by molar-refractivity contribution is -0.506. The molecule has 0 bridgehead atoms. The van der Waals surface area contributed by atoms with Crippen LogP contribution in [0.4, 0.5) is 23.7 Å². The van der Waals surface area contributed by atoms with Crippen molar-refractivity contribution in [2.24, 2.45) is 5.73 Å². The standard InChI is InChI=1S/C38H37N5O5S.C2HF3O2/c1-24(2)48-36(46)29-12-14-31(15-13-29)40-37(47)43(34(35(39)45)19-26-9-16-33(44)17-10-26)23-32-22-41-20-25(3)49-38(41)42(32)21-27-8-11-28-6-4-5-7-30(28)18-27;3-2(4,5)1(6)7/h4-18,20,22,24,34H,19,21,23H2,1-3H3,(H3-,39,40,44,45,46,47);(H,6,7)/t34-;/m0./s1. The Morgan fingerprint density at radius 1 is 0.946 bits per heavy atom. The molecule has 1 atom stereocenters. The predicted molar refractivity (Wildman–Crippen MR) is 201 cm³/mol. The second kappa shape index (κ2) is 17.4. The lowest BCUT2D eigenvalue weighted by atomic mass is 10.0. The van der Waals surface area contributed by atoms with Crippen molar-refractivity contribution >= 4 is 56.6 Å². The van der Waals surface area contributed by atoms with Gasteiger partial charge in [0.2, 0.25) is 5.91 Å². The van der Waals surface area contributed by atoms with E-state index in [0.29, 0.717) is 17.8 Å². The number of amides is 3. The third-order valence-corrected chi connectivity index (χ3v) is 9.46. The van der Waals surface area contributed by atoms with E-state index in [0.717, 1.165) is 37.4 Å². The van der Waals surface area contributed by atoms with Crippen molar-refractivity contribution in [1.29, 1.82) is 0 Å². The van der Waals surface area contributed by atoms with Crippen LogP contribution in [0, 0.1) is 6.92 Å². The second-order valence-corrected chi connectivity index (χ2v) is 14.3. The number of fused-ring (bicyclic) bond motifs is 2. The SMILES string of the molecule is Cc1c[n+]2cc(CN(C(=O)Nc3ccc(C(=O)OC(C)C)cc3)[C@@H](Cc3ccc(O)cc3)C(N)=O)n(Cc3ccc4ccccc4c3)c2s1.O=C([O-])C(F)(F)F. The number of benzene rings is 4. The molecule has 0 spiro atoms. The van der Waals surface area contributed by atoms with Gasteiger partial charge in [-0.05, 0) is 85.1 Å². The van der Waals surface area contributed by atoms with E-state index in [2.05, 4.69) is 40.2 Å². The summed E-state index contributed by atoms with van der Waals surface area (Å²) < 4.78 is 41.0. The van der Waals surface area contributed by atoms with E-state index in [-0.39, 0.29) is 24.8 Å². The van der Waals surface area contributed by atoms with Gasteiger partial charge in [0.25, 0.3) is 0 Å². The van der Waals surface area contributed by atoms with Crippen LogP contribution >= 0.6 is 11.3 Å². The molecule has 0 saturated heterocycles. The first-order valence-corrected chi connectivity index (χ1v) is 18.0. The summed E-state index contributed by atoms with van der Waals surface area (Å²) in [7, 11) is 0. The summed E-state index contributed by atoms with van der Waals surface area (Å²) in [6.07, 6.45) is -1.31. The topological polar surface area (TPSA) is 171 Å². The fourth-order valence-electron chi connectivity index (χ4n) is 5.81. The Morgan fingerprint density at radius 3 is 2.18 bits per heavy atom. The molecule has 0 aliphatic heterocycles. The largest absolute Gasteiger partial charge is 0.542 e. The Labute approximate surface area is 323 Å². The van der Waals surface area contributed by atoms with E-state index in [1.165, 1.54) is 17.0 Å². The Kier molecular flexibility index (Phi) is 12.6. The second-order valence-electron chi connectivity index (χ2n) is 13.1. The molecule has 0 aliphatic carbocycles. The van der Waals surface area contributed by atoms with Crippen molar-refractivity contribution in [3.05, 3.63) is 131 Å². The maximum absolute atomic E-state index is 14.2. The fourth-order valence-corrected chi connectivity index (χ4v) is 6.77. The third kappa shape index (κ3) is 10.4. The monoisotopic (exact) mass is 789 g/mol. The number of esters is 1. The molecule has 4 N–H and O–H groups in total. The lowest BCUT2D eigenvalue weighted by Crippen LogP contribution is -2.50. The van der Waals surface area contributed by atoms with Crippen LogP contribution in [-0.2, 0) is 33.8 Å². The zero-order valence-corrected chi connectivity index (χ0v) is 31.3. The van der Waals surface area contributed by atoms with Crippen LogP contribution in [0.1, 0.15) is 45.9 Å². The zero-order valence-electron chi connectivity index (χ0n) is 30.4. The van der Waals surface area contributed by atoms with Crippen molar-refractivity contribution in [1.82, 2.24) is 9.47 Å². The highest BCUT2D eigenvalue weighted by molar-refractivity contribution is 7.16. The van der Waals surface area contributed by atoms with Gasteiger partial charge in [-0.3, -0.25) is 4.79 Å². The first kappa shape index (κ1) is 40.8. The average molecular weight is 790 g/mol. The molecule has 292 valence electrons. The number of thiazole rings is 1. The van der Waals surface area contributed by atoms with E-state index in [1.54, 1.807) is 61.6 Å². The number of aromatic hydroxyl groups is 1. The number of ether oxygens (including phenoxy) is 1. The number of carbonyl (C=O) groups is 4. The number of imidazole rings is 1. The highest BCUT2D eigenvalue weighted by Crippen LogP contribution is 2.24. The molecule has 0 aliphatic rings. The number of alkyl halides is 3. The smallest absolute Gasteiger partial charge is 0.430 e. The number of aromatic nitrogens is 2. The molecule has 2 heterocycles. The number of aliphatic carboxylic acids is 1. The van der Waals surface area contributed by atoms with Gasteiger partial charge in [0.05, 0.1) is 18.2 Å². The van der Waals surface area contributed by atoms with E-state index in [9.17, 15) is 32.7 Å². The molecular weight excluding hydrogens is 752 g/mol. The van der Waals surface area contributed by atoms with Crippen molar-refractivity contribution in [3.8, 4) is 5.75 Å². The number of primary amides is 1. The third-order valence-electron chi connectivity index (χ3n) is 8.42. The molecular formula is C40H38F3N5O7S. The number of hydrogen-bond acceptors (Lipinski definition) is 8. The minimum Gasteiger partial charge on any atom is -0.542 e. The number of carboxylic acid groups (broad SMARTS) is 1. The first-order chi connectivity index (χ1) is 26.5. The van der Waals surface area contributed by atoms with Crippen LogP contribution in [0.15, 0.2) is 103 Å². The van der Waals surface area contributed by atoms with Gasteiger partial charge in [-0.1, -0.05) is 59.9 Å². The molecule has 0 saturated carbocycles. The van der Waals surface area contributed by atoms with E-state index >= 15 is 0 Å². The molecule has 3 amide bonds. The molecule has 4 aromatic carbocycles. The number of anilines is 1. The van der Waals surface area contributed by atoms with Crippen LogP contribution in [0.25, 0.3) is 15.7 Å². The molecule has 16 heteroatoms. The van der Waals surface area contributed by atoms with Crippen LogP contribution in [0.5, 0.6) is 5.75 Å². The first-order valence-electron chi connectivity index (χ1n) is 17.2. The number of aryl methyl sites for hydroxylation is 1. The summed E-state index contributed by atoms with van der Waals surface area (Å²) >= 11 is 1.64. The van der Waals surface area contributed by atoms with Gasteiger partial charge in [0.1, 0.15) is 36.7 Å². The molecule has 0 unspecified atom stereocenters. The number of hydrogen-bond donors (Lipinski definition) is 3. The number of phenolic OH excluding ortho intramolecular Hbond substituents is 1. The van der Waals surface area contributed by atoms with Gasteiger partial charge in [-0.2, -0.15) is 17.6 Å². The molecule has 56 heavy (non-hydrogen) atoms. The molecule has 6 rings (SSSR count). The Hall–Kier alpha value is -6.42. The minimum absolute atomic E-state index is 0.0668. The van der Waals surface area contributed by atoms with Crippen LogP contribution in [0.3, 0.4) is 0 Å². The molecule has 12 nitrogen and oxygen atoms in total. The van der Waals surface area contributed by atoms with Gasteiger partial charge in [0, 0.05) is 17.0 Å². The van der Waals surface area contributed by atoms with Gasteiger partial charge >= 0.3 is 23.1 Å². The average Bonchev–Trinajstić information content (AvgIpc) is 3.65. The van der Waals surface area contributed by atoms with Crippen molar-refractivity contribution in [2.75, 3.05) is 5.32 Å². The summed E-state index contributed by atoms with van der Waals surface area (Å²) in [5.41, 5.74) is 9.42. The van der Waals surface area contributed by atoms with Crippen molar-refractivity contribution in [2.45, 2.75) is 58.6 Å². The van der Waals surface area contributed by atoms with E-state index in [1.807, 2.05) is 35.9 Å². The Morgan fingerprint density at radius 2 is 1.57 bits per heavy atom.